The largest absolute Gasteiger partial charge is 0.477 e. The van der Waals surface area contributed by atoms with Crippen molar-refractivity contribution in [1.82, 2.24) is 14.4 Å². The van der Waals surface area contributed by atoms with Gasteiger partial charge >= 0.3 is 5.97 Å². The number of carboxylic acid groups (broad SMARTS) is 1. The van der Waals surface area contributed by atoms with Crippen LogP contribution in [0.1, 0.15) is 21.7 Å². The maximum atomic E-state index is 11.2. The fourth-order valence-corrected chi connectivity index (χ4v) is 2.29. The van der Waals surface area contributed by atoms with E-state index in [4.69, 9.17) is 0 Å². The van der Waals surface area contributed by atoms with Gasteiger partial charge in [0, 0.05) is 11.6 Å². The lowest BCUT2D eigenvalue weighted by atomic mass is 10.1. The Balaban J connectivity index is 2.19. The van der Waals surface area contributed by atoms with Crippen molar-refractivity contribution in [2.45, 2.75) is 13.8 Å². The summed E-state index contributed by atoms with van der Waals surface area (Å²) in [5.41, 5.74) is 4.15. The zero-order chi connectivity index (χ0) is 14.3. The Morgan fingerprint density at radius 3 is 2.75 bits per heavy atom. The minimum Gasteiger partial charge on any atom is -0.477 e. The summed E-state index contributed by atoms with van der Waals surface area (Å²) >= 11 is 0. The summed E-state index contributed by atoms with van der Waals surface area (Å²) < 4.78 is 1.50. The van der Waals surface area contributed by atoms with Crippen molar-refractivity contribution in [1.29, 1.82) is 0 Å². The van der Waals surface area contributed by atoms with E-state index in [1.54, 1.807) is 13.0 Å². The Bertz CT molecular complexity index is 821. The molecule has 0 saturated heterocycles. The van der Waals surface area contributed by atoms with Gasteiger partial charge < -0.3 is 5.11 Å². The van der Waals surface area contributed by atoms with E-state index in [1.165, 1.54) is 10.7 Å². The molecule has 3 rings (SSSR count). The predicted octanol–water partition coefficient (Wildman–Crippen LogP) is 2.71. The summed E-state index contributed by atoms with van der Waals surface area (Å²) in [6.07, 6.45) is 1.51. The molecule has 0 radical (unpaired) electrons. The molecule has 0 amide bonds. The molecule has 1 aromatic carbocycles. The topological polar surface area (TPSA) is 67.5 Å². The van der Waals surface area contributed by atoms with Crippen LogP contribution in [0.5, 0.6) is 0 Å². The van der Waals surface area contributed by atoms with Crippen molar-refractivity contribution < 1.29 is 9.90 Å². The molecule has 0 atom stereocenters. The number of aromatic nitrogens is 3. The number of hydrogen-bond acceptors (Lipinski definition) is 3. The Labute approximate surface area is 115 Å². The molecule has 0 unspecified atom stereocenters. The SMILES string of the molecule is Cc1cccc(-c2cc3nc(C)c(C(=O)O)n3cn2)c1. The predicted molar refractivity (Wildman–Crippen MR) is 74.9 cm³/mol. The van der Waals surface area contributed by atoms with E-state index in [-0.39, 0.29) is 5.69 Å². The number of benzene rings is 1. The summed E-state index contributed by atoms with van der Waals surface area (Å²) in [6.45, 7) is 3.70. The molecule has 2 aromatic heterocycles. The number of aryl methyl sites for hydroxylation is 2. The highest BCUT2D eigenvalue weighted by Gasteiger charge is 2.16. The van der Waals surface area contributed by atoms with Gasteiger partial charge in [-0.2, -0.15) is 0 Å². The van der Waals surface area contributed by atoms with Gasteiger partial charge in [-0.3, -0.25) is 4.40 Å². The molecule has 2 heterocycles. The van der Waals surface area contributed by atoms with Crippen LogP contribution in [0.3, 0.4) is 0 Å². The van der Waals surface area contributed by atoms with Gasteiger partial charge in [-0.25, -0.2) is 14.8 Å². The summed E-state index contributed by atoms with van der Waals surface area (Å²) in [5.74, 6) is -1.000. The molecule has 0 bridgehead atoms. The van der Waals surface area contributed by atoms with Crippen molar-refractivity contribution in [3.8, 4) is 11.3 Å². The summed E-state index contributed by atoms with van der Waals surface area (Å²) in [6, 6.07) is 9.79. The second-order valence-corrected chi connectivity index (χ2v) is 4.72. The number of aromatic carboxylic acids is 1. The number of imidazole rings is 1. The smallest absolute Gasteiger partial charge is 0.354 e. The summed E-state index contributed by atoms with van der Waals surface area (Å²) in [7, 11) is 0. The molecule has 0 spiro atoms. The zero-order valence-electron chi connectivity index (χ0n) is 11.2. The monoisotopic (exact) mass is 267 g/mol. The first-order chi connectivity index (χ1) is 9.56. The molecular weight excluding hydrogens is 254 g/mol. The Kier molecular flexibility index (Phi) is 2.75. The molecule has 100 valence electrons. The van der Waals surface area contributed by atoms with Gasteiger partial charge in [0.2, 0.25) is 0 Å². The fraction of sp³-hybridized carbons (Fsp3) is 0.133. The summed E-state index contributed by atoms with van der Waals surface area (Å²) in [5, 5.41) is 9.19. The Morgan fingerprint density at radius 2 is 2.05 bits per heavy atom. The fourth-order valence-electron chi connectivity index (χ4n) is 2.29. The van der Waals surface area contributed by atoms with Crippen LogP contribution < -0.4 is 0 Å². The van der Waals surface area contributed by atoms with Crippen molar-refractivity contribution in [2.75, 3.05) is 0 Å². The van der Waals surface area contributed by atoms with Crippen molar-refractivity contribution in [2.24, 2.45) is 0 Å². The maximum absolute atomic E-state index is 11.2. The third-order valence-electron chi connectivity index (χ3n) is 3.21. The van der Waals surface area contributed by atoms with Crippen LogP contribution in [0.4, 0.5) is 0 Å². The van der Waals surface area contributed by atoms with Gasteiger partial charge in [0.15, 0.2) is 5.69 Å². The van der Waals surface area contributed by atoms with Crippen LogP contribution in [-0.4, -0.2) is 25.4 Å². The van der Waals surface area contributed by atoms with Crippen LogP contribution in [-0.2, 0) is 0 Å². The van der Waals surface area contributed by atoms with Gasteiger partial charge in [0.1, 0.15) is 12.0 Å². The average molecular weight is 267 g/mol. The number of rotatable bonds is 2. The molecule has 5 nitrogen and oxygen atoms in total. The van der Waals surface area contributed by atoms with E-state index in [9.17, 15) is 9.90 Å². The molecule has 0 saturated carbocycles. The van der Waals surface area contributed by atoms with E-state index in [2.05, 4.69) is 9.97 Å². The molecular formula is C15H13N3O2. The van der Waals surface area contributed by atoms with E-state index in [0.717, 1.165) is 16.8 Å². The molecule has 3 aromatic rings. The van der Waals surface area contributed by atoms with Gasteiger partial charge in [-0.1, -0.05) is 23.8 Å². The van der Waals surface area contributed by atoms with Crippen molar-refractivity contribution >= 4 is 11.6 Å². The number of fused-ring (bicyclic) bond motifs is 1. The number of hydrogen-bond donors (Lipinski definition) is 1. The van der Waals surface area contributed by atoms with E-state index < -0.39 is 5.97 Å². The standard InChI is InChI=1S/C15H13N3O2/c1-9-4-3-5-11(6-9)12-7-13-17-10(2)14(15(19)20)18(13)8-16-12/h3-8H,1-2H3,(H,19,20). The maximum Gasteiger partial charge on any atom is 0.354 e. The lowest BCUT2D eigenvalue weighted by molar-refractivity contribution is 0.0688. The number of nitrogens with zero attached hydrogens (tertiary/aromatic N) is 3. The normalized spacial score (nSPS) is 10.9. The van der Waals surface area contributed by atoms with E-state index in [1.807, 2.05) is 31.2 Å². The molecule has 1 N–H and O–H groups in total. The molecule has 0 fully saturated rings. The van der Waals surface area contributed by atoms with Crippen LogP contribution in [0, 0.1) is 13.8 Å². The first kappa shape index (κ1) is 12.3. The molecule has 0 aliphatic rings. The molecule has 20 heavy (non-hydrogen) atoms. The van der Waals surface area contributed by atoms with Crippen LogP contribution in [0.25, 0.3) is 16.9 Å². The zero-order valence-corrected chi connectivity index (χ0v) is 11.2. The van der Waals surface area contributed by atoms with Crippen LogP contribution in [0.2, 0.25) is 0 Å². The van der Waals surface area contributed by atoms with Crippen LogP contribution in [0.15, 0.2) is 36.7 Å². The second-order valence-electron chi connectivity index (χ2n) is 4.72. The van der Waals surface area contributed by atoms with Crippen molar-refractivity contribution in [3.63, 3.8) is 0 Å². The van der Waals surface area contributed by atoms with Crippen LogP contribution >= 0.6 is 0 Å². The second kappa shape index (κ2) is 4.45. The highest BCUT2D eigenvalue weighted by atomic mass is 16.4. The number of carboxylic acids is 1. The van der Waals surface area contributed by atoms with Gasteiger partial charge in [-0.05, 0) is 19.9 Å². The minimum atomic E-state index is -1.000. The van der Waals surface area contributed by atoms with Gasteiger partial charge in [-0.15, -0.1) is 0 Å². The highest BCUT2D eigenvalue weighted by molar-refractivity contribution is 5.88. The quantitative estimate of drug-likeness (QED) is 0.775. The van der Waals surface area contributed by atoms with Gasteiger partial charge in [0.25, 0.3) is 0 Å². The van der Waals surface area contributed by atoms with E-state index >= 15 is 0 Å². The first-order valence-corrected chi connectivity index (χ1v) is 6.21. The van der Waals surface area contributed by atoms with Gasteiger partial charge in [0.05, 0.1) is 11.4 Å². The molecule has 5 heteroatoms. The van der Waals surface area contributed by atoms with Crippen molar-refractivity contribution in [3.05, 3.63) is 53.6 Å². The minimum absolute atomic E-state index is 0.156. The average Bonchev–Trinajstić information content (AvgIpc) is 2.73. The third-order valence-corrected chi connectivity index (χ3v) is 3.21. The van der Waals surface area contributed by atoms with E-state index in [0.29, 0.717) is 11.3 Å². The Hall–Kier alpha value is -2.69. The highest BCUT2D eigenvalue weighted by Crippen LogP contribution is 2.20. The Morgan fingerprint density at radius 1 is 1.25 bits per heavy atom. The lowest BCUT2D eigenvalue weighted by Crippen LogP contribution is -2.04. The first-order valence-electron chi connectivity index (χ1n) is 6.21. The molecule has 0 aliphatic carbocycles. The lowest BCUT2D eigenvalue weighted by Gasteiger charge is -2.03. The molecule has 0 aliphatic heterocycles. The summed E-state index contributed by atoms with van der Waals surface area (Å²) in [4.78, 5) is 19.8. The third kappa shape index (κ3) is 1.93. The number of carbonyl (C=O) groups is 1.